The van der Waals surface area contributed by atoms with Crippen molar-refractivity contribution in [1.29, 1.82) is 0 Å². The molecule has 6 aromatic rings. The number of carbonyl (C=O) groups excluding carboxylic acids is 1. The number of hydrogen-bond donors (Lipinski definition) is 8. The molecule has 376 valence electrons. The van der Waals surface area contributed by atoms with Crippen molar-refractivity contribution in [2.24, 2.45) is 17.8 Å². The van der Waals surface area contributed by atoms with Crippen molar-refractivity contribution in [3.05, 3.63) is 147 Å². The van der Waals surface area contributed by atoms with Crippen molar-refractivity contribution >= 4 is 38.1 Å². The number of nitrogens with one attached hydrogen (secondary N) is 2. The second-order valence-electron chi connectivity index (χ2n) is 20.0. The number of H-pyrrole nitrogens is 1. The number of aromatic amines is 1. The minimum absolute atomic E-state index is 0.00261. The standard InChI is InChI=1S/C58H68N2O9S2/c1-4-37-14-15-38-9-8-12-45-51(32-61)71-70-33-41-26-52(65)58(42-22-36(30-59-2)23-43(62)27-42,29-34-13-17-48(63)50(24-34)69-44-10-6-5-7-11-44)57(67)54(41)55(66)40(21-35-19-20-60-31-35)25-39-16-18-49(64)56(68-3)47(39)28-46(37)53(38)45/h8-9,12-20,22-24,27,31,40-41,44,51-52,54-55,59-66H,4-7,10-11,21,25-26,28-30,32-33H2,1-3H3. The van der Waals surface area contributed by atoms with Crippen molar-refractivity contribution in [1.82, 2.24) is 10.3 Å². The Balaban J connectivity index is 1.22. The number of aromatic nitrogens is 1. The Bertz CT molecular complexity index is 2810. The van der Waals surface area contributed by atoms with Crippen LogP contribution in [0.1, 0.15) is 101 Å². The van der Waals surface area contributed by atoms with E-state index in [-0.39, 0.29) is 53.8 Å². The number of phenolic OH excluding ortho intramolecular Hbond substituents is 3. The minimum atomic E-state index is -1.66. The predicted octanol–water partition coefficient (Wildman–Crippen LogP) is 9.81. The first-order valence-electron chi connectivity index (χ1n) is 25.2. The number of ketones is 1. The third-order valence-electron chi connectivity index (χ3n) is 15.6. The normalized spacial score (nSPS) is 24.4. The summed E-state index contributed by atoms with van der Waals surface area (Å²) in [4.78, 5) is 19.7. The smallest absolute Gasteiger partial charge is 0.164 e. The molecular weight excluding hydrogens is 933 g/mol. The molecule has 8 N–H and O–H groups in total. The molecule has 1 aromatic heterocycles. The number of aliphatic hydroxyl groups is 3. The van der Waals surface area contributed by atoms with E-state index in [1.54, 1.807) is 61.3 Å². The highest BCUT2D eigenvalue weighted by atomic mass is 33.1. The molecule has 0 amide bonds. The van der Waals surface area contributed by atoms with E-state index in [0.29, 0.717) is 54.2 Å². The molecule has 13 heteroatoms. The summed E-state index contributed by atoms with van der Waals surface area (Å²) in [6.45, 7) is 2.37. The quantitative estimate of drug-likeness (QED) is 0.0544. The highest BCUT2D eigenvalue weighted by molar-refractivity contribution is 8.76. The third kappa shape index (κ3) is 10.4. The molecule has 2 aliphatic carbocycles. The fourth-order valence-corrected chi connectivity index (χ4v) is 15.0. The fraction of sp³-hybridized carbons (Fsp3) is 0.431. The number of ether oxygens (including phenoxy) is 2. The Morgan fingerprint density at radius 3 is 2.45 bits per heavy atom. The number of Topliss-reactive ketones (excluding diaryl/α,β-unsaturated/α-hetero) is 1. The summed E-state index contributed by atoms with van der Waals surface area (Å²) in [6.07, 6.45) is 8.24. The Labute approximate surface area is 424 Å². The largest absolute Gasteiger partial charge is 0.508 e. The zero-order valence-corrected chi connectivity index (χ0v) is 42.5. The summed E-state index contributed by atoms with van der Waals surface area (Å²) in [5.74, 6) is -1.40. The maximum Gasteiger partial charge on any atom is 0.164 e. The summed E-state index contributed by atoms with van der Waals surface area (Å²) >= 11 is 0. The van der Waals surface area contributed by atoms with Crippen LogP contribution >= 0.6 is 21.6 Å². The van der Waals surface area contributed by atoms with Gasteiger partial charge in [-0.05, 0) is 168 Å². The summed E-state index contributed by atoms with van der Waals surface area (Å²) in [7, 11) is 6.44. The summed E-state index contributed by atoms with van der Waals surface area (Å²) in [5, 5.41) is 76.6. The zero-order valence-electron chi connectivity index (χ0n) is 40.9. The number of aliphatic hydroxyl groups excluding tert-OH is 3. The molecule has 71 heavy (non-hydrogen) atoms. The van der Waals surface area contributed by atoms with Gasteiger partial charge < -0.3 is 50.4 Å². The lowest BCUT2D eigenvalue weighted by molar-refractivity contribution is -0.149. The number of methoxy groups -OCH3 is 1. The highest BCUT2D eigenvalue weighted by Gasteiger charge is 2.58. The van der Waals surface area contributed by atoms with Crippen LogP contribution in [0.2, 0.25) is 0 Å². The van der Waals surface area contributed by atoms with Crippen molar-refractivity contribution in [3.63, 3.8) is 0 Å². The van der Waals surface area contributed by atoms with E-state index in [0.717, 1.165) is 88.2 Å². The molecule has 11 nitrogen and oxygen atoms in total. The van der Waals surface area contributed by atoms with Gasteiger partial charge in [-0.25, -0.2) is 0 Å². The average Bonchev–Trinajstić information content (AvgIpc) is 3.89. The summed E-state index contributed by atoms with van der Waals surface area (Å²) in [6, 6.07) is 26.2. The van der Waals surface area contributed by atoms with E-state index < -0.39 is 35.4 Å². The molecule has 9 rings (SSSR count). The number of phenols is 3. The summed E-state index contributed by atoms with van der Waals surface area (Å²) in [5.41, 5.74) is 5.95. The predicted molar refractivity (Wildman–Crippen MR) is 283 cm³/mol. The zero-order chi connectivity index (χ0) is 49.8. The number of aryl methyl sites for hydroxylation is 1. The molecule has 2 heterocycles. The average molecular weight is 1000 g/mol. The van der Waals surface area contributed by atoms with Gasteiger partial charge in [-0.15, -0.1) is 0 Å². The van der Waals surface area contributed by atoms with Crippen LogP contribution in [-0.4, -0.2) is 86.2 Å². The lowest BCUT2D eigenvalue weighted by Gasteiger charge is -2.49. The first kappa shape index (κ1) is 50.8. The number of aromatic hydroxyl groups is 3. The van der Waals surface area contributed by atoms with Gasteiger partial charge in [-0.2, -0.15) is 0 Å². The second-order valence-corrected chi connectivity index (χ2v) is 22.6. The molecule has 7 unspecified atom stereocenters. The van der Waals surface area contributed by atoms with E-state index in [1.807, 2.05) is 36.7 Å². The molecule has 1 aliphatic heterocycles. The van der Waals surface area contributed by atoms with Crippen molar-refractivity contribution in [2.45, 2.75) is 113 Å². The van der Waals surface area contributed by atoms with Gasteiger partial charge in [0, 0.05) is 42.6 Å². The van der Waals surface area contributed by atoms with Crippen LogP contribution in [0.4, 0.5) is 0 Å². The van der Waals surface area contributed by atoms with E-state index in [9.17, 15) is 30.6 Å². The van der Waals surface area contributed by atoms with Gasteiger partial charge in [0.1, 0.15) is 5.75 Å². The third-order valence-corrected chi connectivity index (χ3v) is 18.5. The topological polar surface area (TPSA) is 185 Å². The van der Waals surface area contributed by atoms with Crippen LogP contribution in [0, 0.1) is 17.8 Å². The van der Waals surface area contributed by atoms with Crippen molar-refractivity contribution < 1.29 is 44.9 Å². The summed E-state index contributed by atoms with van der Waals surface area (Å²) < 4.78 is 12.5. The maximum atomic E-state index is 16.5. The van der Waals surface area contributed by atoms with Crippen LogP contribution in [-0.2, 0) is 48.9 Å². The van der Waals surface area contributed by atoms with Crippen LogP contribution in [0.3, 0.4) is 0 Å². The number of carbonyl (C=O) groups is 1. The fourth-order valence-electron chi connectivity index (χ4n) is 12.1. The van der Waals surface area contributed by atoms with E-state index >= 15 is 4.79 Å². The maximum absolute atomic E-state index is 16.5. The molecule has 0 saturated heterocycles. The number of benzene rings is 5. The van der Waals surface area contributed by atoms with Crippen LogP contribution < -0.4 is 14.8 Å². The monoisotopic (exact) mass is 1000 g/mol. The second kappa shape index (κ2) is 22.3. The Kier molecular flexibility index (Phi) is 16.0. The van der Waals surface area contributed by atoms with Gasteiger partial charge in [0.25, 0.3) is 0 Å². The molecule has 0 spiro atoms. The molecule has 0 radical (unpaired) electrons. The Morgan fingerprint density at radius 2 is 1.70 bits per heavy atom. The van der Waals surface area contributed by atoms with Crippen LogP contribution in [0.25, 0.3) is 10.8 Å². The van der Waals surface area contributed by atoms with Crippen molar-refractivity contribution in [3.8, 4) is 28.7 Å². The minimum Gasteiger partial charge on any atom is -0.508 e. The first-order valence-corrected chi connectivity index (χ1v) is 27.6. The van der Waals surface area contributed by atoms with Crippen LogP contribution in [0.15, 0.2) is 97.3 Å². The van der Waals surface area contributed by atoms with E-state index in [4.69, 9.17) is 9.47 Å². The van der Waals surface area contributed by atoms with Gasteiger partial charge in [0.2, 0.25) is 0 Å². The Morgan fingerprint density at radius 1 is 0.887 bits per heavy atom. The molecular formula is C58H68N2O9S2. The van der Waals surface area contributed by atoms with E-state index in [2.05, 4.69) is 41.5 Å². The number of rotatable bonds is 12. The lowest BCUT2D eigenvalue weighted by Crippen LogP contribution is -2.61. The number of fused-ring (bicyclic) bond motifs is 2. The highest BCUT2D eigenvalue weighted by Crippen LogP contribution is 2.52. The molecule has 2 saturated carbocycles. The van der Waals surface area contributed by atoms with Gasteiger partial charge in [-0.3, -0.25) is 4.79 Å². The van der Waals surface area contributed by atoms with E-state index in [1.165, 1.54) is 10.8 Å². The molecule has 0 bridgehead atoms. The van der Waals surface area contributed by atoms with Gasteiger partial charge in [-0.1, -0.05) is 83.5 Å². The van der Waals surface area contributed by atoms with Gasteiger partial charge in [0.15, 0.2) is 28.8 Å². The SMILES string of the molecule is CCc1ccc2cccc3c2c1Cc1c(ccc(O)c1OC)CC(Cc1cc[nH]c1)C(O)C1C(=O)C(Cc2ccc(O)c(OC4CCCCC4)c2)(c2cc(O)cc(CNC)c2)C(O)CC1CSSC3CO. The van der Waals surface area contributed by atoms with Gasteiger partial charge in [0.05, 0.1) is 42.7 Å². The first-order chi connectivity index (χ1) is 34.5. The molecule has 5 aromatic carbocycles. The van der Waals surface area contributed by atoms with Gasteiger partial charge >= 0.3 is 0 Å². The molecule has 7 atom stereocenters. The Hall–Kier alpha value is -5.15. The van der Waals surface area contributed by atoms with Crippen LogP contribution in [0.5, 0.6) is 28.7 Å². The number of hydrogen-bond acceptors (Lipinski definition) is 12. The lowest BCUT2D eigenvalue weighted by atomic mass is 9.55. The molecule has 2 fully saturated rings. The molecule has 3 aliphatic rings. The van der Waals surface area contributed by atoms with Crippen molar-refractivity contribution in [2.75, 3.05) is 26.5 Å².